The van der Waals surface area contributed by atoms with Gasteiger partial charge < -0.3 is 23.7 Å². The average Bonchev–Trinajstić information content (AvgIpc) is 3.36. The zero-order valence-corrected chi connectivity index (χ0v) is 28.6. The van der Waals surface area contributed by atoms with Crippen LogP contribution in [0.25, 0.3) is 0 Å². The van der Waals surface area contributed by atoms with Crippen molar-refractivity contribution >= 4 is 24.0 Å². The van der Waals surface area contributed by atoms with Gasteiger partial charge in [-0.2, -0.15) is 10.5 Å². The van der Waals surface area contributed by atoms with Crippen molar-refractivity contribution in [3.05, 3.63) is 106 Å². The number of esters is 3. The van der Waals surface area contributed by atoms with E-state index in [9.17, 15) is 29.7 Å². The first-order valence-corrected chi connectivity index (χ1v) is 16.0. The van der Waals surface area contributed by atoms with Crippen molar-refractivity contribution in [1.29, 1.82) is 10.5 Å². The Bertz CT molecular complexity index is 1760. The first-order chi connectivity index (χ1) is 23.9. The fourth-order valence-electron chi connectivity index (χ4n) is 5.55. The summed E-state index contributed by atoms with van der Waals surface area (Å²) in [6.07, 6.45) is -4.83. The summed E-state index contributed by atoms with van der Waals surface area (Å²) < 4.78 is 29.3. The maximum absolute atomic E-state index is 13.7. The molecule has 0 spiro atoms. The molecule has 0 saturated carbocycles. The Labute approximate surface area is 291 Å². The van der Waals surface area contributed by atoms with Crippen molar-refractivity contribution in [1.82, 2.24) is 4.90 Å². The highest BCUT2D eigenvalue weighted by Gasteiger charge is 2.62. The van der Waals surface area contributed by atoms with Gasteiger partial charge in [0.1, 0.15) is 25.4 Å². The van der Waals surface area contributed by atoms with Crippen molar-refractivity contribution in [2.75, 3.05) is 26.3 Å². The zero-order valence-electron chi connectivity index (χ0n) is 28.6. The summed E-state index contributed by atoms with van der Waals surface area (Å²) in [5, 5.41) is 19.9. The fourth-order valence-corrected chi connectivity index (χ4v) is 5.55. The van der Waals surface area contributed by atoms with Crippen LogP contribution >= 0.6 is 0 Å². The van der Waals surface area contributed by atoms with Crippen LogP contribution in [-0.2, 0) is 23.7 Å². The molecular formula is C38H39N3O9. The minimum atomic E-state index is -1.88. The van der Waals surface area contributed by atoms with Crippen LogP contribution in [0.1, 0.15) is 61.6 Å². The number of carbonyl (C=O) groups is 4. The topological polar surface area (TPSA) is 165 Å². The number of nitrogens with zero attached hydrogens (tertiary/aromatic N) is 3. The lowest BCUT2D eigenvalue weighted by Crippen LogP contribution is -2.55. The molecule has 0 radical (unpaired) electrons. The molecule has 3 aromatic carbocycles. The summed E-state index contributed by atoms with van der Waals surface area (Å²) in [4.78, 5) is 54.1. The van der Waals surface area contributed by atoms with Gasteiger partial charge in [0, 0.05) is 6.54 Å². The van der Waals surface area contributed by atoms with Gasteiger partial charge in [-0.1, -0.05) is 53.1 Å². The standard InChI is InChI=1S/C38H39N3O9/c1-6-46-37(45)41(20-19-39)22-30(21-40)32-38(5,50-36(44)29-17-11-26(4)12-18-29)33(49-35(43)28-15-9-25(3)10-16-28)31(48-32)23-47-34(42)27-13-7-24(2)8-14-27/h7-18,30-33H,6,20,22-23H2,1-5H3/t30?,31?,32-,33-,38+/m1/s1. The van der Waals surface area contributed by atoms with Gasteiger partial charge in [0.05, 0.1) is 41.4 Å². The van der Waals surface area contributed by atoms with Crippen LogP contribution < -0.4 is 0 Å². The number of rotatable bonds is 12. The van der Waals surface area contributed by atoms with E-state index < -0.39 is 67.0 Å². The number of nitriles is 2. The summed E-state index contributed by atoms with van der Waals surface area (Å²) in [6, 6.07) is 23.9. The molecule has 0 N–H and O–H groups in total. The minimum absolute atomic E-state index is 0.0231. The van der Waals surface area contributed by atoms with E-state index in [-0.39, 0.29) is 29.8 Å². The van der Waals surface area contributed by atoms with E-state index in [1.165, 1.54) is 6.92 Å². The highest BCUT2D eigenvalue weighted by molar-refractivity contribution is 5.91. The molecule has 1 fully saturated rings. The largest absolute Gasteiger partial charge is 0.459 e. The molecule has 0 aromatic heterocycles. The molecule has 4 rings (SSSR count). The molecule has 260 valence electrons. The third-order valence-corrected chi connectivity index (χ3v) is 8.31. The average molecular weight is 682 g/mol. The molecule has 1 aliphatic rings. The number of ether oxygens (including phenoxy) is 5. The molecule has 12 heteroatoms. The first-order valence-electron chi connectivity index (χ1n) is 16.0. The van der Waals surface area contributed by atoms with Gasteiger partial charge in [0.2, 0.25) is 0 Å². The lowest BCUT2D eigenvalue weighted by atomic mass is 9.84. The summed E-state index contributed by atoms with van der Waals surface area (Å²) >= 11 is 0. The molecule has 50 heavy (non-hydrogen) atoms. The second-order valence-corrected chi connectivity index (χ2v) is 12.2. The third kappa shape index (κ3) is 8.84. The van der Waals surface area contributed by atoms with Gasteiger partial charge in [0.15, 0.2) is 11.7 Å². The molecule has 0 bridgehead atoms. The van der Waals surface area contributed by atoms with Crippen LogP contribution in [0.5, 0.6) is 0 Å². The lowest BCUT2D eigenvalue weighted by Gasteiger charge is -2.36. The molecule has 1 heterocycles. The Morgan fingerprint density at radius 3 is 1.78 bits per heavy atom. The van der Waals surface area contributed by atoms with Crippen LogP contribution in [-0.4, -0.2) is 79.1 Å². The van der Waals surface area contributed by atoms with Gasteiger partial charge in [-0.15, -0.1) is 0 Å². The Kier molecular flexibility index (Phi) is 12.3. The van der Waals surface area contributed by atoms with Gasteiger partial charge in [-0.25, -0.2) is 19.2 Å². The van der Waals surface area contributed by atoms with E-state index in [0.29, 0.717) is 0 Å². The first kappa shape index (κ1) is 37.1. The molecule has 5 atom stereocenters. The van der Waals surface area contributed by atoms with Gasteiger partial charge >= 0.3 is 24.0 Å². The maximum atomic E-state index is 13.7. The SMILES string of the molecule is CCOC(=O)N(CC#N)CC(C#N)[C@H]1OC(COC(=O)c2ccc(C)cc2)[C@@H](OC(=O)c2ccc(C)cc2)[C@@]1(C)OC(=O)c1ccc(C)cc1. The minimum Gasteiger partial charge on any atom is -0.459 e. The number of carbonyl (C=O) groups excluding carboxylic acids is 4. The van der Waals surface area contributed by atoms with E-state index >= 15 is 0 Å². The predicted molar refractivity (Wildman–Crippen MR) is 179 cm³/mol. The Morgan fingerprint density at radius 1 is 0.800 bits per heavy atom. The molecule has 3 aromatic rings. The van der Waals surface area contributed by atoms with Crippen LogP contribution in [0.3, 0.4) is 0 Å². The summed E-state index contributed by atoms with van der Waals surface area (Å²) in [6.45, 7) is 7.45. The maximum Gasteiger partial charge on any atom is 0.410 e. The second kappa shape index (κ2) is 16.6. The van der Waals surface area contributed by atoms with Crippen LogP contribution in [0.4, 0.5) is 4.79 Å². The van der Waals surface area contributed by atoms with Crippen LogP contribution in [0.2, 0.25) is 0 Å². The van der Waals surface area contributed by atoms with E-state index in [1.807, 2.05) is 26.8 Å². The molecule has 1 saturated heterocycles. The number of hydrogen-bond acceptors (Lipinski definition) is 11. The number of aryl methyl sites for hydroxylation is 3. The van der Waals surface area contributed by atoms with Crippen LogP contribution in [0, 0.1) is 49.4 Å². The van der Waals surface area contributed by atoms with E-state index in [0.717, 1.165) is 21.6 Å². The number of hydrogen-bond donors (Lipinski definition) is 0. The quantitative estimate of drug-likeness (QED) is 0.135. The Morgan fingerprint density at radius 2 is 1.30 bits per heavy atom. The normalized spacial score (nSPS) is 20.0. The van der Waals surface area contributed by atoms with E-state index in [2.05, 4.69) is 6.07 Å². The van der Waals surface area contributed by atoms with Crippen LogP contribution in [0.15, 0.2) is 72.8 Å². The van der Waals surface area contributed by atoms with Gasteiger partial charge in [-0.3, -0.25) is 4.90 Å². The smallest absolute Gasteiger partial charge is 0.410 e. The highest BCUT2D eigenvalue weighted by atomic mass is 16.7. The molecule has 1 aliphatic heterocycles. The molecule has 0 aliphatic carbocycles. The number of amides is 1. The third-order valence-electron chi connectivity index (χ3n) is 8.31. The highest BCUT2D eigenvalue weighted by Crippen LogP contribution is 2.41. The Hall–Kier alpha value is -5.72. The molecular weight excluding hydrogens is 642 g/mol. The van der Waals surface area contributed by atoms with Gasteiger partial charge in [0.25, 0.3) is 0 Å². The zero-order chi connectivity index (χ0) is 36.4. The molecule has 1 amide bonds. The monoisotopic (exact) mass is 681 g/mol. The summed E-state index contributed by atoms with van der Waals surface area (Å²) in [7, 11) is 0. The van der Waals surface area contributed by atoms with Crippen molar-refractivity contribution in [2.45, 2.75) is 58.5 Å². The second-order valence-electron chi connectivity index (χ2n) is 12.2. The molecule has 12 nitrogen and oxygen atoms in total. The lowest BCUT2D eigenvalue weighted by molar-refractivity contribution is -0.0970. The number of benzene rings is 3. The van der Waals surface area contributed by atoms with Crippen molar-refractivity contribution in [2.24, 2.45) is 5.92 Å². The molecule has 2 unspecified atom stereocenters. The van der Waals surface area contributed by atoms with E-state index in [4.69, 9.17) is 23.7 Å². The summed E-state index contributed by atoms with van der Waals surface area (Å²) in [5.74, 6) is -3.51. The van der Waals surface area contributed by atoms with Crippen molar-refractivity contribution in [3.63, 3.8) is 0 Å². The Balaban J connectivity index is 1.76. The summed E-state index contributed by atoms with van der Waals surface area (Å²) in [5.41, 5.74) is 1.51. The van der Waals surface area contributed by atoms with Gasteiger partial charge in [-0.05, 0) is 71.0 Å². The van der Waals surface area contributed by atoms with E-state index in [1.54, 1.807) is 79.7 Å². The fraction of sp³-hybridized carbons (Fsp3) is 0.368. The van der Waals surface area contributed by atoms with Crippen molar-refractivity contribution in [3.8, 4) is 12.1 Å². The predicted octanol–water partition coefficient (Wildman–Crippen LogP) is 5.50. The van der Waals surface area contributed by atoms with Crippen molar-refractivity contribution < 1.29 is 42.9 Å².